The van der Waals surface area contributed by atoms with Gasteiger partial charge in [-0.3, -0.25) is 25.2 Å². The second-order valence-corrected chi connectivity index (χ2v) is 6.92. The third kappa shape index (κ3) is 7.10. The van der Waals surface area contributed by atoms with Gasteiger partial charge in [0.1, 0.15) is 11.5 Å². The summed E-state index contributed by atoms with van der Waals surface area (Å²) >= 11 is 0. The van der Waals surface area contributed by atoms with Crippen LogP contribution in [0.1, 0.15) is 17.3 Å². The lowest BCUT2D eigenvalue weighted by Gasteiger charge is -2.12. The fraction of sp³-hybridized carbons (Fsp3) is 0.160. The van der Waals surface area contributed by atoms with E-state index in [0.29, 0.717) is 23.6 Å². The van der Waals surface area contributed by atoms with Gasteiger partial charge in [0.25, 0.3) is 17.7 Å². The molecule has 33 heavy (non-hydrogen) atoms. The zero-order valence-electron chi connectivity index (χ0n) is 18.2. The normalized spacial score (nSPS) is 10.1. The molecular weight excluding hydrogens is 422 g/mol. The molecule has 0 atom stereocenters. The lowest BCUT2D eigenvalue weighted by atomic mass is 10.1. The third-order valence-corrected chi connectivity index (χ3v) is 4.51. The molecule has 8 heteroatoms. The largest absolute Gasteiger partial charge is 0.484 e. The summed E-state index contributed by atoms with van der Waals surface area (Å²) in [6, 6.07) is 23.3. The number of carbonyl (C=O) groups excluding carboxylic acids is 3. The van der Waals surface area contributed by atoms with E-state index in [9.17, 15) is 14.4 Å². The fourth-order valence-electron chi connectivity index (χ4n) is 2.93. The number of amides is 3. The summed E-state index contributed by atoms with van der Waals surface area (Å²) in [7, 11) is 0. The van der Waals surface area contributed by atoms with Crippen LogP contribution in [0.25, 0.3) is 11.1 Å². The molecule has 0 aliphatic heterocycles. The van der Waals surface area contributed by atoms with Gasteiger partial charge in [-0.15, -0.1) is 0 Å². The van der Waals surface area contributed by atoms with Crippen LogP contribution in [0.4, 0.5) is 0 Å². The minimum absolute atomic E-state index is 0.108. The molecule has 0 unspecified atom stereocenters. The second-order valence-electron chi connectivity index (χ2n) is 6.92. The third-order valence-electron chi connectivity index (χ3n) is 4.51. The second kappa shape index (κ2) is 11.9. The SMILES string of the molecule is CCNC(=O)COc1ccc(C(=O)NNC(=O)COc2ccccc2-c2ccccc2)cc1. The summed E-state index contributed by atoms with van der Waals surface area (Å²) in [6.45, 7) is 1.97. The van der Waals surface area contributed by atoms with Gasteiger partial charge in [-0.05, 0) is 42.8 Å². The van der Waals surface area contributed by atoms with E-state index >= 15 is 0 Å². The maximum atomic E-state index is 12.3. The van der Waals surface area contributed by atoms with Gasteiger partial charge < -0.3 is 14.8 Å². The number of hydrogen-bond donors (Lipinski definition) is 3. The number of carbonyl (C=O) groups is 3. The molecule has 0 saturated carbocycles. The van der Waals surface area contributed by atoms with Crippen molar-refractivity contribution in [3.63, 3.8) is 0 Å². The molecule has 8 nitrogen and oxygen atoms in total. The summed E-state index contributed by atoms with van der Waals surface area (Å²) in [4.78, 5) is 35.8. The molecule has 3 amide bonds. The number of benzene rings is 3. The Labute approximate surface area is 191 Å². The van der Waals surface area contributed by atoms with E-state index in [4.69, 9.17) is 9.47 Å². The van der Waals surface area contributed by atoms with Gasteiger partial charge in [-0.1, -0.05) is 48.5 Å². The predicted molar refractivity (Wildman–Crippen MR) is 124 cm³/mol. The van der Waals surface area contributed by atoms with Gasteiger partial charge in [-0.2, -0.15) is 0 Å². The Balaban J connectivity index is 1.47. The van der Waals surface area contributed by atoms with E-state index < -0.39 is 11.8 Å². The van der Waals surface area contributed by atoms with Crippen molar-refractivity contribution in [3.8, 4) is 22.6 Å². The maximum Gasteiger partial charge on any atom is 0.276 e. The first-order chi connectivity index (χ1) is 16.1. The first kappa shape index (κ1) is 23.3. The maximum absolute atomic E-state index is 12.3. The van der Waals surface area contributed by atoms with Gasteiger partial charge in [0.05, 0.1) is 0 Å². The Kier molecular flexibility index (Phi) is 8.41. The number of para-hydroxylation sites is 1. The van der Waals surface area contributed by atoms with E-state index in [-0.39, 0.29) is 19.1 Å². The average molecular weight is 447 g/mol. The van der Waals surface area contributed by atoms with Crippen molar-refractivity contribution >= 4 is 17.7 Å². The molecule has 0 spiro atoms. The van der Waals surface area contributed by atoms with Crippen LogP contribution in [0.15, 0.2) is 78.9 Å². The summed E-state index contributed by atoms with van der Waals surface area (Å²) in [6.07, 6.45) is 0. The number of rotatable bonds is 9. The summed E-state index contributed by atoms with van der Waals surface area (Å²) in [5.74, 6) is -0.215. The standard InChI is InChI=1S/C25H25N3O5/c1-2-26-23(29)16-32-20-14-12-19(13-15-20)25(31)28-27-24(30)17-33-22-11-7-6-10-21(22)18-8-4-3-5-9-18/h3-15H,2,16-17H2,1H3,(H,26,29)(H,27,30)(H,28,31). The molecule has 3 N–H and O–H groups in total. The Morgan fingerprint density at radius 3 is 2.12 bits per heavy atom. The molecule has 3 aromatic rings. The lowest BCUT2D eigenvalue weighted by molar-refractivity contribution is -0.124. The van der Waals surface area contributed by atoms with E-state index in [0.717, 1.165) is 11.1 Å². The molecule has 0 aliphatic rings. The number of hydrogen-bond acceptors (Lipinski definition) is 5. The summed E-state index contributed by atoms with van der Waals surface area (Å²) in [5.41, 5.74) is 6.83. The van der Waals surface area contributed by atoms with Crippen molar-refractivity contribution in [1.29, 1.82) is 0 Å². The first-order valence-electron chi connectivity index (χ1n) is 10.4. The Morgan fingerprint density at radius 1 is 0.727 bits per heavy atom. The molecule has 170 valence electrons. The summed E-state index contributed by atoms with van der Waals surface area (Å²) in [5, 5.41) is 2.63. The van der Waals surface area contributed by atoms with Crippen LogP contribution < -0.4 is 25.6 Å². The molecule has 3 rings (SSSR count). The van der Waals surface area contributed by atoms with Crippen molar-refractivity contribution < 1.29 is 23.9 Å². The number of likely N-dealkylation sites (N-methyl/N-ethyl adjacent to an activating group) is 1. The first-order valence-corrected chi connectivity index (χ1v) is 10.4. The molecule has 0 radical (unpaired) electrons. The Hall–Kier alpha value is -4.33. The van der Waals surface area contributed by atoms with Crippen LogP contribution >= 0.6 is 0 Å². The minimum Gasteiger partial charge on any atom is -0.484 e. The molecule has 0 aromatic heterocycles. The lowest BCUT2D eigenvalue weighted by Crippen LogP contribution is -2.43. The van der Waals surface area contributed by atoms with E-state index in [1.807, 2.05) is 55.5 Å². The van der Waals surface area contributed by atoms with Crippen LogP contribution in [-0.4, -0.2) is 37.5 Å². The zero-order valence-corrected chi connectivity index (χ0v) is 18.2. The summed E-state index contributed by atoms with van der Waals surface area (Å²) < 4.78 is 11.0. The van der Waals surface area contributed by atoms with Crippen molar-refractivity contribution in [2.24, 2.45) is 0 Å². The Morgan fingerprint density at radius 2 is 1.39 bits per heavy atom. The van der Waals surface area contributed by atoms with Crippen molar-refractivity contribution in [2.75, 3.05) is 19.8 Å². The molecule has 0 saturated heterocycles. The van der Waals surface area contributed by atoms with Crippen molar-refractivity contribution in [1.82, 2.24) is 16.2 Å². The molecule has 0 bridgehead atoms. The van der Waals surface area contributed by atoms with Gasteiger partial charge in [-0.25, -0.2) is 0 Å². The van der Waals surface area contributed by atoms with Crippen LogP contribution in [-0.2, 0) is 9.59 Å². The van der Waals surface area contributed by atoms with E-state index in [1.165, 1.54) is 12.1 Å². The van der Waals surface area contributed by atoms with Crippen LogP contribution in [0, 0.1) is 0 Å². The quantitative estimate of drug-likeness (QED) is 0.438. The highest BCUT2D eigenvalue weighted by Crippen LogP contribution is 2.29. The Bertz CT molecular complexity index is 1080. The number of ether oxygens (including phenoxy) is 2. The van der Waals surface area contributed by atoms with Gasteiger partial charge in [0.2, 0.25) is 0 Å². The average Bonchev–Trinajstić information content (AvgIpc) is 2.86. The van der Waals surface area contributed by atoms with Crippen LogP contribution in [0.3, 0.4) is 0 Å². The number of nitrogens with one attached hydrogen (secondary N) is 3. The topological polar surface area (TPSA) is 106 Å². The van der Waals surface area contributed by atoms with Gasteiger partial charge in [0.15, 0.2) is 13.2 Å². The monoisotopic (exact) mass is 447 g/mol. The van der Waals surface area contributed by atoms with Crippen LogP contribution in [0.5, 0.6) is 11.5 Å². The molecule has 0 heterocycles. The highest BCUT2D eigenvalue weighted by atomic mass is 16.5. The highest BCUT2D eigenvalue weighted by molar-refractivity contribution is 5.95. The van der Waals surface area contributed by atoms with Crippen LogP contribution in [0.2, 0.25) is 0 Å². The van der Waals surface area contributed by atoms with Crippen molar-refractivity contribution in [2.45, 2.75) is 6.92 Å². The molecule has 3 aromatic carbocycles. The van der Waals surface area contributed by atoms with Gasteiger partial charge >= 0.3 is 0 Å². The molecular formula is C25H25N3O5. The smallest absolute Gasteiger partial charge is 0.276 e. The molecule has 0 aliphatic carbocycles. The molecule has 0 fully saturated rings. The fourth-order valence-corrected chi connectivity index (χ4v) is 2.93. The number of hydrazine groups is 1. The zero-order chi connectivity index (χ0) is 23.5. The highest BCUT2D eigenvalue weighted by Gasteiger charge is 2.11. The van der Waals surface area contributed by atoms with E-state index in [1.54, 1.807) is 18.2 Å². The van der Waals surface area contributed by atoms with Crippen molar-refractivity contribution in [3.05, 3.63) is 84.4 Å². The van der Waals surface area contributed by atoms with E-state index in [2.05, 4.69) is 16.2 Å². The van der Waals surface area contributed by atoms with Gasteiger partial charge in [0, 0.05) is 17.7 Å². The predicted octanol–water partition coefficient (Wildman–Crippen LogP) is 2.71. The minimum atomic E-state index is -0.506.